The van der Waals surface area contributed by atoms with E-state index in [1.54, 1.807) is 0 Å². The molecule has 1 aromatic heterocycles. The lowest BCUT2D eigenvalue weighted by Crippen LogP contribution is -2.15. The Balaban J connectivity index is 1.47. The van der Waals surface area contributed by atoms with Gasteiger partial charge in [-0.25, -0.2) is 4.98 Å². The van der Waals surface area contributed by atoms with E-state index in [2.05, 4.69) is 33.5 Å². The molecule has 0 aliphatic heterocycles. The molecule has 0 fully saturated rings. The number of anilines is 1. The third kappa shape index (κ3) is 2.97. The molecule has 0 saturated heterocycles. The first-order valence-corrected chi connectivity index (χ1v) is 8.13. The summed E-state index contributed by atoms with van der Waals surface area (Å²) in [5.74, 6) is 0.467. The minimum atomic E-state index is -0.0418. The van der Waals surface area contributed by atoms with E-state index in [9.17, 15) is 4.79 Å². The molecule has 1 amide bonds. The van der Waals surface area contributed by atoms with Crippen LogP contribution in [0.5, 0.6) is 0 Å². The molecule has 0 radical (unpaired) electrons. The standard InChI is InChI=1S/C19H19N3O/c23-18(22-19-20-16-7-3-4-8-17(16)21-19)12-13-9-10-14-5-1-2-6-15(14)11-13/h3-4,7-11H,1-2,5-6,12H2,(H2,20,21,22,23). The van der Waals surface area contributed by atoms with E-state index in [4.69, 9.17) is 0 Å². The van der Waals surface area contributed by atoms with Crippen LogP contribution in [0.15, 0.2) is 42.5 Å². The largest absolute Gasteiger partial charge is 0.324 e. The molecule has 23 heavy (non-hydrogen) atoms. The number of carbonyl (C=O) groups is 1. The highest BCUT2D eigenvalue weighted by Gasteiger charge is 2.12. The molecule has 2 aromatic carbocycles. The van der Waals surface area contributed by atoms with Crippen molar-refractivity contribution in [2.75, 3.05) is 5.32 Å². The molecule has 0 saturated carbocycles. The Labute approximate surface area is 134 Å². The van der Waals surface area contributed by atoms with Gasteiger partial charge in [0.05, 0.1) is 17.5 Å². The molecule has 4 heteroatoms. The number of aromatic nitrogens is 2. The van der Waals surface area contributed by atoms with Crippen LogP contribution in [0.4, 0.5) is 5.95 Å². The number of nitrogens with one attached hydrogen (secondary N) is 2. The van der Waals surface area contributed by atoms with Gasteiger partial charge in [-0.15, -0.1) is 0 Å². The van der Waals surface area contributed by atoms with Crippen LogP contribution in [-0.2, 0) is 24.1 Å². The maximum Gasteiger partial charge on any atom is 0.231 e. The molecule has 2 N–H and O–H groups in total. The summed E-state index contributed by atoms with van der Waals surface area (Å²) in [6.45, 7) is 0. The van der Waals surface area contributed by atoms with Crippen LogP contribution in [-0.4, -0.2) is 15.9 Å². The van der Waals surface area contributed by atoms with Crippen molar-refractivity contribution < 1.29 is 4.79 Å². The van der Waals surface area contributed by atoms with E-state index in [0.29, 0.717) is 12.4 Å². The third-order valence-electron chi connectivity index (χ3n) is 4.42. The molecular formula is C19H19N3O. The van der Waals surface area contributed by atoms with E-state index in [1.807, 2.05) is 24.3 Å². The number of H-pyrrole nitrogens is 1. The molecule has 0 unspecified atom stereocenters. The van der Waals surface area contributed by atoms with Crippen molar-refractivity contribution in [3.63, 3.8) is 0 Å². The van der Waals surface area contributed by atoms with Gasteiger partial charge >= 0.3 is 0 Å². The Morgan fingerprint density at radius 3 is 2.78 bits per heavy atom. The van der Waals surface area contributed by atoms with Gasteiger partial charge in [-0.05, 0) is 54.5 Å². The number of fused-ring (bicyclic) bond motifs is 2. The van der Waals surface area contributed by atoms with Gasteiger partial charge in [0.1, 0.15) is 0 Å². The fourth-order valence-corrected chi connectivity index (χ4v) is 3.27. The van der Waals surface area contributed by atoms with Gasteiger partial charge in [-0.2, -0.15) is 0 Å². The SMILES string of the molecule is O=C(Cc1ccc2c(c1)CCCC2)Nc1nc2ccccc2[nH]1. The summed E-state index contributed by atoms with van der Waals surface area (Å²) in [5, 5.41) is 2.85. The minimum absolute atomic E-state index is 0.0418. The molecule has 4 nitrogen and oxygen atoms in total. The quantitative estimate of drug-likeness (QED) is 0.776. The van der Waals surface area contributed by atoms with Crippen molar-refractivity contribution in [3.05, 3.63) is 59.2 Å². The number of para-hydroxylation sites is 2. The molecule has 1 heterocycles. The van der Waals surface area contributed by atoms with E-state index >= 15 is 0 Å². The van der Waals surface area contributed by atoms with Gasteiger partial charge in [-0.1, -0.05) is 30.3 Å². The Morgan fingerprint density at radius 1 is 1.09 bits per heavy atom. The maximum absolute atomic E-state index is 12.3. The number of aromatic amines is 1. The lowest BCUT2D eigenvalue weighted by Gasteiger charge is -2.16. The van der Waals surface area contributed by atoms with E-state index in [1.165, 1.54) is 30.4 Å². The molecule has 1 aliphatic rings. The molecule has 1 aliphatic carbocycles. The monoisotopic (exact) mass is 305 g/mol. The second-order valence-electron chi connectivity index (χ2n) is 6.14. The Kier molecular flexibility index (Phi) is 3.58. The first kappa shape index (κ1) is 14.0. The zero-order valence-electron chi connectivity index (χ0n) is 12.9. The van der Waals surface area contributed by atoms with Crippen LogP contribution in [0.1, 0.15) is 29.5 Å². The fraction of sp³-hybridized carbons (Fsp3) is 0.263. The highest BCUT2D eigenvalue weighted by Crippen LogP contribution is 2.22. The van der Waals surface area contributed by atoms with Gasteiger partial charge in [0.25, 0.3) is 0 Å². The first-order valence-electron chi connectivity index (χ1n) is 8.13. The van der Waals surface area contributed by atoms with Gasteiger partial charge in [0.2, 0.25) is 11.9 Å². The molecule has 0 bridgehead atoms. The maximum atomic E-state index is 12.3. The van der Waals surface area contributed by atoms with E-state index in [0.717, 1.165) is 23.0 Å². The highest BCUT2D eigenvalue weighted by molar-refractivity contribution is 5.92. The zero-order chi connectivity index (χ0) is 15.6. The molecule has 0 atom stereocenters. The van der Waals surface area contributed by atoms with Crippen LogP contribution in [0.3, 0.4) is 0 Å². The molecule has 4 rings (SSSR count). The topological polar surface area (TPSA) is 57.8 Å². The summed E-state index contributed by atoms with van der Waals surface area (Å²) >= 11 is 0. The molecular weight excluding hydrogens is 286 g/mol. The van der Waals surface area contributed by atoms with Crippen LogP contribution in [0, 0.1) is 0 Å². The number of benzene rings is 2. The predicted octanol–water partition coefficient (Wildman–Crippen LogP) is 3.62. The summed E-state index contributed by atoms with van der Waals surface area (Å²) in [4.78, 5) is 19.8. The Morgan fingerprint density at radius 2 is 1.91 bits per heavy atom. The third-order valence-corrected chi connectivity index (χ3v) is 4.42. The average molecular weight is 305 g/mol. The number of amides is 1. The van der Waals surface area contributed by atoms with E-state index < -0.39 is 0 Å². The molecule has 116 valence electrons. The second kappa shape index (κ2) is 5.88. The normalized spacial score (nSPS) is 13.7. The number of nitrogens with zero attached hydrogens (tertiary/aromatic N) is 1. The van der Waals surface area contributed by atoms with Crippen molar-refractivity contribution in [3.8, 4) is 0 Å². The Bertz CT molecular complexity index is 833. The lowest BCUT2D eigenvalue weighted by molar-refractivity contribution is -0.115. The number of hydrogen-bond acceptors (Lipinski definition) is 2. The van der Waals surface area contributed by atoms with Crippen LogP contribution in [0.2, 0.25) is 0 Å². The summed E-state index contributed by atoms with van der Waals surface area (Å²) in [5.41, 5.74) is 5.70. The average Bonchev–Trinajstić information content (AvgIpc) is 2.96. The summed E-state index contributed by atoms with van der Waals surface area (Å²) in [6, 6.07) is 14.2. The summed E-state index contributed by atoms with van der Waals surface area (Å²) in [6.07, 6.45) is 5.21. The Hall–Kier alpha value is -2.62. The predicted molar refractivity (Wildman–Crippen MR) is 91.5 cm³/mol. The van der Waals surface area contributed by atoms with Crippen molar-refractivity contribution >= 4 is 22.9 Å². The zero-order valence-corrected chi connectivity index (χ0v) is 12.9. The first-order chi connectivity index (χ1) is 11.3. The van der Waals surface area contributed by atoms with Crippen molar-refractivity contribution in [1.29, 1.82) is 0 Å². The number of aryl methyl sites for hydroxylation is 2. The van der Waals surface area contributed by atoms with Crippen molar-refractivity contribution in [2.24, 2.45) is 0 Å². The summed E-state index contributed by atoms with van der Waals surface area (Å²) < 4.78 is 0. The van der Waals surface area contributed by atoms with Crippen molar-refractivity contribution in [2.45, 2.75) is 32.1 Å². The number of carbonyl (C=O) groups excluding carboxylic acids is 1. The summed E-state index contributed by atoms with van der Waals surface area (Å²) in [7, 11) is 0. The number of rotatable bonds is 3. The van der Waals surface area contributed by atoms with Crippen LogP contribution in [0.25, 0.3) is 11.0 Å². The second-order valence-corrected chi connectivity index (χ2v) is 6.14. The van der Waals surface area contributed by atoms with Crippen LogP contribution >= 0.6 is 0 Å². The number of hydrogen-bond donors (Lipinski definition) is 2. The van der Waals surface area contributed by atoms with Gasteiger partial charge in [-0.3, -0.25) is 10.1 Å². The van der Waals surface area contributed by atoms with Gasteiger partial charge in [0, 0.05) is 0 Å². The van der Waals surface area contributed by atoms with Crippen molar-refractivity contribution in [1.82, 2.24) is 9.97 Å². The minimum Gasteiger partial charge on any atom is -0.324 e. The molecule has 3 aromatic rings. The number of imidazole rings is 1. The van der Waals surface area contributed by atoms with Gasteiger partial charge in [0.15, 0.2) is 0 Å². The van der Waals surface area contributed by atoms with Gasteiger partial charge < -0.3 is 4.98 Å². The molecule has 0 spiro atoms. The highest BCUT2D eigenvalue weighted by atomic mass is 16.1. The van der Waals surface area contributed by atoms with Crippen LogP contribution < -0.4 is 5.32 Å². The lowest BCUT2D eigenvalue weighted by atomic mass is 9.90. The smallest absolute Gasteiger partial charge is 0.231 e. The van der Waals surface area contributed by atoms with E-state index in [-0.39, 0.29) is 5.91 Å². The fourth-order valence-electron chi connectivity index (χ4n) is 3.27.